The summed E-state index contributed by atoms with van der Waals surface area (Å²) in [5.41, 5.74) is 5.44. The van der Waals surface area contributed by atoms with Crippen LogP contribution in [0, 0.1) is 0 Å². The summed E-state index contributed by atoms with van der Waals surface area (Å²) in [5, 5.41) is 0. The largest absolute Gasteiger partial charge is 0.486 e. The topological polar surface area (TPSA) is 64.8 Å². The van der Waals surface area contributed by atoms with E-state index in [1.54, 1.807) is 4.90 Å². The molecule has 0 aliphatic carbocycles. The summed E-state index contributed by atoms with van der Waals surface area (Å²) in [7, 11) is 1.81. The molecule has 116 valence electrons. The molecule has 0 radical (unpaired) electrons. The second kappa shape index (κ2) is 7.88. The van der Waals surface area contributed by atoms with E-state index in [0.717, 1.165) is 30.8 Å². The third-order valence-electron chi connectivity index (χ3n) is 3.57. The molecule has 5 heteroatoms. The van der Waals surface area contributed by atoms with Gasteiger partial charge in [-0.2, -0.15) is 0 Å². The van der Waals surface area contributed by atoms with Crippen LogP contribution in [0.25, 0.3) is 0 Å². The number of carbonyl (C=O) groups excluding carboxylic acids is 1. The number of likely N-dealkylation sites (N-methyl/N-ethyl adjacent to an activating group) is 1. The van der Waals surface area contributed by atoms with Gasteiger partial charge < -0.3 is 20.1 Å². The molecule has 1 heterocycles. The second-order valence-electron chi connectivity index (χ2n) is 5.37. The maximum Gasteiger partial charge on any atom is 0.222 e. The zero-order chi connectivity index (χ0) is 15.1. The van der Waals surface area contributed by atoms with E-state index in [4.69, 9.17) is 15.2 Å². The van der Waals surface area contributed by atoms with Gasteiger partial charge in [-0.05, 0) is 31.5 Å². The van der Waals surface area contributed by atoms with Crippen molar-refractivity contribution in [1.82, 2.24) is 4.90 Å². The first kappa shape index (κ1) is 15.6. The molecule has 0 saturated heterocycles. The average Bonchev–Trinajstić information content (AvgIpc) is 2.51. The molecule has 21 heavy (non-hydrogen) atoms. The van der Waals surface area contributed by atoms with E-state index in [2.05, 4.69) is 0 Å². The van der Waals surface area contributed by atoms with Crippen LogP contribution in [0.2, 0.25) is 0 Å². The molecule has 1 atom stereocenters. The Morgan fingerprint density at radius 3 is 2.81 bits per heavy atom. The van der Waals surface area contributed by atoms with Gasteiger partial charge in [0.25, 0.3) is 0 Å². The molecule has 2 rings (SSSR count). The minimum atomic E-state index is -0.113. The van der Waals surface area contributed by atoms with Crippen LogP contribution in [0.3, 0.4) is 0 Å². The molecule has 0 spiro atoms. The van der Waals surface area contributed by atoms with Gasteiger partial charge in [-0.1, -0.05) is 18.6 Å². The fourth-order valence-corrected chi connectivity index (χ4v) is 2.35. The highest BCUT2D eigenvalue weighted by Gasteiger charge is 2.23. The van der Waals surface area contributed by atoms with Crippen LogP contribution in [-0.2, 0) is 4.79 Å². The first-order chi connectivity index (χ1) is 10.2. The van der Waals surface area contributed by atoms with Crippen molar-refractivity contribution < 1.29 is 14.3 Å². The van der Waals surface area contributed by atoms with E-state index < -0.39 is 0 Å². The van der Waals surface area contributed by atoms with Crippen LogP contribution in [0.15, 0.2) is 24.3 Å². The summed E-state index contributed by atoms with van der Waals surface area (Å²) in [4.78, 5) is 13.8. The first-order valence-corrected chi connectivity index (χ1v) is 7.53. The van der Waals surface area contributed by atoms with Crippen molar-refractivity contribution in [2.45, 2.75) is 31.8 Å². The number of benzene rings is 1. The number of hydrogen-bond donors (Lipinski definition) is 1. The van der Waals surface area contributed by atoms with Gasteiger partial charge in [-0.15, -0.1) is 0 Å². The Kier molecular flexibility index (Phi) is 5.87. The van der Waals surface area contributed by atoms with Gasteiger partial charge in [-0.3, -0.25) is 4.79 Å². The maximum absolute atomic E-state index is 12.0. The van der Waals surface area contributed by atoms with Gasteiger partial charge in [0.1, 0.15) is 6.61 Å². The van der Waals surface area contributed by atoms with Gasteiger partial charge in [0, 0.05) is 13.5 Å². The molecule has 0 saturated carbocycles. The van der Waals surface area contributed by atoms with E-state index >= 15 is 0 Å². The minimum Gasteiger partial charge on any atom is -0.486 e. The van der Waals surface area contributed by atoms with Crippen molar-refractivity contribution in [3.63, 3.8) is 0 Å². The van der Waals surface area contributed by atoms with Crippen molar-refractivity contribution in [2.75, 3.05) is 26.7 Å². The Balaban J connectivity index is 1.76. The lowest BCUT2D eigenvalue weighted by Crippen LogP contribution is -2.41. The monoisotopic (exact) mass is 292 g/mol. The van der Waals surface area contributed by atoms with Gasteiger partial charge in [0.05, 0.1) is 6.54 Å². The number of ether oxygens (including phenoxy) is 2. The Morgan fingerprint density at radius 1 is 1.29 bits per heavy atom. The summed E-state index contributed by atoms with van der Waals surface area (Å²) in [6.07, 6.45) is 3.34. The fraction of sp³-hybridized carbons (Fsp3) is 0.562. The number of rotatable bonds is 7. The Morgan fingerprint density at radius 2 is 2.05 bits per heavy atom. The highest BCUT2D eigenvalue weighted by molar-refractivity contribution is 5.75. The molecule has 0 fully saturated rings. The number of unbranched alkanes of at least 4 members (excludes halogenated alkanes) is 2. The van der Waals surface area contributed by atoms with E-state index in [1.807, 2.05) is 31.3 Å². The van der Waals surface area contributed by atoms with Crippen molar-refractivity contribution in [1.29, 1.82) is 0 Å². The van der Waals surface area contributed by atoms with Crippen molar-refractivity contribution >= 4 is 5.91 Å². The molecule has 1 aromatic carbocycles. The van der Waals surface area contributed by atoms with E-state index in [-0.39, 0.29) is 12.0 Å². The molecule has 1 aliphatic rings. The molecule has 0 aromatic heterocycles. The number of nitrogens with zero attached hydrogens (tertiary/aromatic N) is 1. The third-order valence-corrected chi connectivity index (χ3v) is 3.57. The van der Waals surface area contributed by atoms with Crippen LogP contribution >= 0.6 is 0 Å². The lowest BCUT2D eigenvalue weighted by Gasteiger charge is -2.29. The number of carbonyl (C=O) groups is 1. The summed E-state index contributed by atoms with van der Waals surface area (Å²) >= 11 is 0. The van der Waals surface area contributed by atoms with Crippen LogP contribution in [0.5, 0.6) is 11.5 Å². The highest BCUT2D eigenvalue weighted by Crippen LogP contribution is 2.30. The van der Waals surface area contributed by atoms with Crippen LogP contribution < -0.4 is 15.2 Å². The van der Waals surface area contributed by atoms with Gasteiger partial charge in [0.2, 0.25) is 5.91 Å². The van der Waals surface area contributed by atoms with Crippen molar-refractivity contribution in [3.8, 4) is 11.5 Å². The first-order valence-electron chi connectivity index (χ1n) is 7.53. The van der Waals surface area contributed by atoms with Gasteiger partial charge in [0.15, 0.2) is 17.6 Å². The number of para-hydroxylation sites is 2. The molecule has 5 nitrogen and oxygen atoms in total. The molecule has 0 bridgehead atoms. The SMILES string of the molecule is CN(CC1COc2ccccc2O1)C(=O)CCCCCN. The fourth-order valence-electron chi connectivity index (χ4n) is 2.35. The average molecular weight is 292 g/mol. The Hall–Kier alpha value is -1.75. The summed E-state index contributed by atoms with van der Waals surface area (Å²) in [5.74, 6) is 1.66. The molecule has 1 unspecified atom stereocenters. The number of amides is 1. The number of fused-ring (bicyclic) bond motifs is 1. The molecule has 2 N–H and O–H groups in total. The molecule has 1 aliphatic heterocycles. The molecule has 1 amide bonds. The lowest BCUT2D eigenvalue weighted by atomic mass is 10.2. The Bertz CT molecular complexity index is 465. The van der Waals surface area contributed by atoms with Crippen LogP contribution in [0.1, 0.15) is 25.7 Å². The normalized spacial score (nSPS) is 16.6. The summed E-state index contributed by atoms with van der Waals surface area (Å²) < 4.78 is 11.5. The predicted molar refractivity (Wildman–Crippen MR) is 81.5 cm³/mol. The zero-order valence-electron chi connectivity index (χ0n) is 12.6. The molecular formula is C16H24N2O3. The standard InChI is InChI=1S/C16H24N2O3/c1-18(16(19)9-3-2-6-10-17)11-13-12-20-14-7-4-5-8-15(14)21-13/h4-5,7-8,13H,2-3,6,9-12,17H2,1H3. The number of hydrogen-bond acceptors (Lipinski definition) is 4. The maximum atomic E-state index is 12.0. The third kappa shape index (κ3) is 4.63. The van der Waals surface area contributed by atoms with Gasteiger partial charge >= 0.3 is 0 Å². The highest BCUT2D eigenvalue weighted by atomic mass is 16.6. The van der Waals surface area contributed by atoms with Crippen LogP contribution in [0.4, 0.5) is 0 Å². The quantitative estimate of drug-likeness (QED) is 0.778. The number of nitrogens with two attached hydrogens (primary N) is 1. The van der Waals surface area contributed by atoms with Crippen molar-refractivity contribution in [3.05, 3.63) is 24.3 Å². The zero-order valence-corrected chi connectivity index (χ0v) is 12.6. The summed E-state index contributed by atoms with van der Waals surface area (Å²) in [6.45, 7) is 1.71. The molecular weight excluding hydrogens is 268 g/mol. The van der Waals surface area contributed by atoms with E-state index in [1.165, 1.54) is 0 Å². The van der Waals surface area contributed by atoms with Crippen molar-refractivity contribution in [2.24, 2.45) is 5.73 Å². The lowest BCUT2D eigenvalue weighted by molar-refractivity contribution is -0.131. The van der Waals surface area contributed by atoms with Crippen LogP contribution in [-0.4, -0.2) is 43.7 Å². The smallest absolute Gasteiger partial charge is 0.222 e. The van der Waals surface area contributed by atoms with E-state index in [9.17, 15) is 4.79 Å². The minimum absolute atomic E-state index is 0.113. The second-order valence-corrected chi connectivity index (χ2v) is 5.37. The predicted octanol–water partition coefficient (Wildman–Crippen LogP) is 1.80. The van der Waals surface area contributed by atoms with E-state index in [0.29, 0.717) is 26.1 Å². The Labute approximate surface area is 126 Å². The summed E-state index contributed by atoms with van der Waals surface area (Å²) in [6, 6.07) is 7.60. The van der Waals surface area contributed by atoms with Gasteiger partial charge in [-0.25, -0.2) is 0 Å². The molecule has 1 aromatic rings.